The van der Waals surface area contributed by atoms with Crippen LogP contribution in [0.25, 0.3) is 0 Å². The number of rotatable bonds is 6. The van der Waals surface area contributed by atoms with Crippen molar-refractivity contribution in [2.24, 2.45) is 12.0 Å². The first-order valence-electron chi connectivity index (χ1n) is 6.80. The summed E-state index contributed by atoms with van der Waals surface area (Å²) in [6.45, 7) is 6.85. The fourth-order valence-corrected chi connectivity index (χ4v) is 2.60. The van der Waals surface area contributed by atoms with Crippen LogP contribution in [0.4, 0.5) is 0 Å². The summed E-state index contributed by atoms with van der Waals surface area (Å²) in [5.41, 5.74) is 1.25. The van der Waals surface area contributed by atoms with E-state index in [4.69, 9.17) is 4.99 Å². The van der Waals surface area contributed by atoms with Crippen LogP contribution in [-0.2, 0) is 13.6 Å². The molecule has 1 aromatic heterocycles. The van der Waals surface area contributed by atoms with Gasteiger partial charge in [0, 0.05) is 42.3 Å². The van der Waals surface area contributed by atoms with E-state index in [1.807, 2.05) is 11.8 Å². The lowest BCUT2D eigenvalue weighted by Crippen LogP contribution is -2.39. The van der Waals surface area contributed by atoms with Crippen molar-refractivity contribution in [1.29, 1.82) is 0 Å². The van der Waals surface area contributed by atoms with Crippen LogP contribution in [0.3, 0.4) is 0 Å². The van der Waals surface area contributed by atoms with Gasteiger partial charge in [-0.25, -0.2) is 0 Å². The van der Waals surface area contributed by atoms with Crippen molar-refractivity contribution in [3.05, 3.63) is 22.4 Å². The number of hydrogen-bond donors (Lipinski definition) is 1. The maximum atomic E-state index is 4.71. The van der Waals surface area contributed by atoms with Gasteiger partial charge in [0.2, 0.25) is 0 Å². The first kappa shape index (κ1) is 21.1. The molecule has 0 aliphatic carbocycles. The highest BCUT2D eigenvalue weighted by atomic mass is 127. The molecule has 1 unspecified atom stereocenters. The predicted octanol–water partition coefficient (Wildman–Crippen LogP) is 3.55. The van der Waals surface area contributed by atoms with Crippen LogP contribution >= 0.6 is 51.7 Å². The molecule has 4 nitrogen and oxygen atoms in total. The van der Waals surface area contributed by atoms with Crippen LogP contribution in [-0.4, -0.2) is 47.1 Å². The topological polar surface area (TPSA) is 32.6 Å². The lowest BCUT2D eigenvalue weighted by molar-refractivity contribution is 0.462. The highest BCUT2D eigenvalue weighted by Gasteiger charge is 2.10. The van der Waals surface area contributed by atoms with E-state index in [-0.39, 0.29) is 24.0 Å². The maximum absolute atomic E-state index is 4.71. The van der Waals surface area contributed by atoms with Crippen molar-refractivity contribution < 1.29 is 0 Å². The van der Waals surface area contributed by atoms with Gasteiger partial charge in [0.25, 0.3) is 0 Å². The van der Waals surface area contributed by atoms with Crippen LogP contribution in [0.15, 0.2) is 21.7 Å². The molecule has 0 radical (unpaired) electrons. The number of hydrogen-bond acceptors (Lipinski definition) is 2. The summed E-state index contributed by atoms with van der Waals surface area (Å²) in [7, 11) is 4.14. The van der Waals surface area contributed by atoms with Gasteiger partial charge in [-0.1, -0.05) is 6.92 Å². The molecule has 0 bridgehead atoms. The fraction of sp³-hybridized carbons (Fsp3) is 0.643. The Bertz CT molecular complexity index is 450. The van der Waals surface area contributed by atoms with Gasteiger partial charge in [-0.3, -0.25) is 4.99 Å². The standard InChI is InChI=1S/C14H25BrN4S.HI/c1-6-16-14(17-8-11(2)20-5)19(4)10-13-7-12(15)9-18(13)3;/h7,9,11H,6,8,10H2,1-5H3,(H,16,17);1H. The molecule has 1 heterocycles. The van der Waals surface area contributed by atoms with Crippen molar-refractivity contribution in [2.75, 3.05) is 26.4 Å². The summed E-state index contributed by atoms with van der Waals surface area (Å²) < 4.78 is 3.25. The fourth-order valence-electron chi connectivity index (χ4n) is 1.80. The minimum Gasteiger partial charge on any atom is -0.357 e. The summed E-state index contributed by atoms with van der Waals surface area (Å²) >= 11 is 5.35. The SMILES string of the molecule is CCNC(=NCC(C)SC)N(C)Cc1cc(Br)cn1C.I. The molecule has 0 amide bonds. The second kappa shape index (κ2) is 10.8. The number of nitrogens with zero attached hydrogens (tertiary/aromatic N) is 3. The highest BCUT2D eigenvalue weighted by molar-refractivity contribution is 14.0. The monoisotopic (exact) mass is 488 g/mol. The van der Waals surface area contributed by atoms with Crippen molar-refractivity contribution in [1.82, 2.24) is 14.8 Å². The maximum Gasteiger partial charge on any atom is 0.194 e. The molecule has 1 atom stereocenters. The zero-order chi connectivity index (χ0) is 15.1. The van der Waals surface area contributed by atoms with E-state index in [1.165, 1.54) is 5.69 Å². The normalized spacial score (nSPS) is 12.8. The van der Waals surface area contributed by atoms with Crippen molar-refractivity contribution >= 4 is 57.6 Å². The van der Waals surface area contributed by atoms with Crippen LogP contribution in [0.1, 0.15) is 19.5 Å². The number of guanidine groups is 1. The van der Waals surface area contributed by atoms with Gasteiger partial charge in [0.1, 0.15) is 0 Å². The van der Waals surface area contributed by atoms with E-state index in [1.54, 1.807) is 0 Å². The van der Waals surface area contributed by atoms with E-state index in [9.17, 15) is 0 Å². The second-order valence-corrected chi connectivity index (χ2v) is 7.05. The molecule has 7 heteroatoms. The van der Waals surface area contributed by atoms with Gasteiger partial charge >= 0.3 is 0 Å². The van der Waals surface area contributed by atoms with Gasteiger partial charge < -0.3 is 14.8 Å². The third-order valence-electron chi connectivity index (χ3n) is 3.07. The zero-order valence-corrected chi connectivity index (χ0v) is 18.1. The third kappa shape index (κ3) is 7.27. The molecule has 0 fully saturated rings. The third-order valence-corrected chi connectivity index (χ3v) is 4.46. The number of aromatic nitrogens is 1. The minimum absolute atomic E-state index is 0. The smallest absolute Gasteiger partial charge is 0.194 e. The molecule has 0 spiro atoms. The molecule has 1 rings (SSSR count). The van der Waals surface area contributed by atoms with Crippen LogP contribution in [0, 0.1) is 0 Å². The molecule has 21 heavy (non-hydrogen) atoms. The Kier molecular flexibility index (Phi) is 10.8. The summed E-state index contributed by atoms with van der Waals surface area (Å²) in [6, 6.07) is 2.14. The van der Waals surface area contributed by atoms with Crippen molar-refractivity contribution in [3.63, 3.8) is 0 Å². The van der Waals surface area contributed by atoms with E-state index >= 15 is 0 Å². The Morgan fingerprint density at radius 3 is 2.71 bits per heavy atom. The van der Waals surface area contributed by atoms with Gasteiger partial charge in [0.15, 0.2) is 5.96 Å². The Hall–Kier alpha value is 0.110. The lowest BCUT2D eigenvalue weighted by Gasteiger charge is -2.22. The lowest BCUT2D eigenvalue weighted by atomic mass is 10.4. The molecular weight excluding hydrogens is 463 g/mol. The number of aliphatic imine (C=N–C) groups is 1. The van der Waals surface area contributed by atoms with E-state index in [0.717, 1.165) is 30.1 Å². The average molecular weight is 489 g/mol. The Labute approximate surface area is 158 Å². The quantitative estimate of drug-likeness (QED) is 0.377. The van der Waals surface area contributed by atoms with Crippen LogP contribution in [0.5, 0.6) is 0 Å². The highest BCUT2D eigenvalue weighted by Crippen LogP contribution is 2.15. The van der Waals surface area contributed by atoms with E-state index < -0.39 is 0 Å². The average Bonchev–Trinajstić information content (AvgIpc) is 2.72. The van der Waals surface area contributed by atoms with Crippen LogP contribution < -0.4 is 5.32 Å². The first-order chi connectivity index (χ1) is 9.47. The van der Waals surface area contributed by atoms with E-state index in [0.29, 0.717) is 5.25 Å². The molecule has 0 saturated heterocycles. The second-order valence-electron chi connectivity index (χ2n) is 4.86. The zero-order valence-electron chi connectivity index (χ0n) is 13.4. The van der Waals surface area contributed by atoms with E-state index in [2.05, 4.69) is 77.2 Å². The molecule has 0 aromatic carbocycles. The van der Waals surface area contributed by atoms with Gasteiger partial charge in [-0.2, -0.15) is 11.8 Å². The molecular formula is C14H26BrIN4S. The number of thioether (sulfide) groups is 1. The van der Waals surface area contributed by atoms with Crippen molar-refractivity contribution in [3.8, 4) is 0 Å². The first-order valence-corrected chi connectivity index (χ1v) is 8.89. The molecule has 1 N–H and O–H groups in total. The van der Waals surface area contributed by atoms with Gasteiger partial charge in [-0.05, 0) is 35.2 Å². The summed E-state index contributed by atoms with van der Waals surface area (Å²) in [6.07, 6.45) is 4.20. The Morgan fingerprint density at radius 2 is 2.24 bits per heavy atom. The van der Waals surface area contributed by atoms with Crippen molar-refractivity contribution in [2.45, 2.75) is 25.6 Å². The summed E-state index contributed by atoms with van der Waals surface area (Å²) in [5, 5.41) is 3.90. The van der Waals surface area contributed by atoms with Gasteiger partial charge in [-0.15, -0.1) is 24.0 Å². The Balaban J connectivity index is 0.00000400. The summed E-state index contributed by atoms with van der Waals surface area (Å²) in [4.78, 5) is 6.87. The number of nitrogens with one attached hydrogen (secondary N) is 1. The number of aryl methyl sites for hydroxylation is 1. The largest absolute Gasteiger partial charge is 0.357 e. The molecule has 1 aromatic rings. The van der Waals surface area contributed by atoms with Gasteiger partial charge in [0.05, 0.1) is 13.1 Å². The molecule has 0 aliphatic heterocycles. The molecule has 122 valence electrons. The van der Waals surface area contributed by atoms with Crippen LogP contribution in [0.2, 0.25) is 0 Å². The minimum atomic E-state index is 0. The number of halogens is 2. The molecule has 0 saturated carbocycles. The summed E-state index contributed by atoms with van der Waals surface area (Å²) in [5.74, 6) is 0.964. The Morgan fingerprint density at radius 1 is 1.57 bits per heavy atom. The molecule has 0 aliphatic rings. The predicted molar refractivity (Wildman–Crippen MR) is 109 cm³/mol.